The molecule has 1 radical (unpaired) electrons. The summed E-state index contributed by atoms with van der Waals surface area (Å²) in [6, 6.07) is 3.14. The number of hydrogen-bond donors (Lipinski definition) is 2. The molecule has 2 aromatic heterocycles. The molecule has 0 aromatic carbocycles. The summed E-state index contributed by atoms with van der Waals surface area (Å²) in [6.45, 7) is 5.61. The van der Waals surface area contributed by atoms with Crippen LogP contribution in [0.1, 0.15) is 37.0 Å². The van der Waals surface area contributed by atoms with Gasteiger partial charge in [-0.2, -0.15) is 0 Å². The van der Waals surface area contributed by atoms with Crippen LogP contribution in [-0.4, -0.2) is 34.6 Å². The van der Waals surface area contributed by atoms with Crippen LogP contribution in [0.3, 0.4) is 0 Å². The Morgan fingerprint density at radius 2 is 2.26 bits per heavy atom. The Labute approximate surface area is 168 Å². The number of hydrogen-bond acceptors (Lipinski definition) is 5. The van der Waals surface area contributed by atoms with Crippen LogP contribution in [0.2, 0.25) is 10.0 Å². The molecular formula is C19H21Cl2N4O2. The highest BCUT2D eigenvalue weighted by Gasteiger charge is 2.28. The van der Waals surface area contributed by atoms with Gasteiger partial charge in [0.15, 0.2) is 0 Å². The molecular weight excluding hydrogens is 387 g/mol. The fourth-order valence-corrected chi connectivity index (χ4v) is 3.76. The van der Waals surface area contributed by atoms with E-state index in [0.717, 1.165) is 19.4 Å². The van der Waals surface area contributed by atoms with Crippen molar-refractivity contribution in [3.05, 3.63) is 40.1 Å². The summed E-state index contributed by atoms with van der Waals surface area (Å²) in [6.07, 6.45) is 6.05. The third kappa shape index (κ3) is 4.69. The summed E-state index contributed by atoms with van der Waals surface area (Å²) in [4.78, 5) is 20.2. The SMILES string of the molecule is CC1(C)C[C@@H](CNc2cc(C(N)=O)c(Cl)c(-c3c[c]ncc3Cl)n2)CCO1. The summed E-state index contributed by atoms with van der Waals surface area (Å²) >= 11 is 12.6. The lowest BCUT2D eigenvalue weighted by Crippen LogP contribution is -2.36. The van der Waals surface area contributed by atoms with Gasteiger partial charge in [-0.3, -0.25) is 9.78 Å². The molecule has 1 aliphatic rings. The average Bonchev–Trinajstić information content (AvgIpc) is 2.60. The van der Waals surface area contributed by atoms with Crippen LogP contribution in [-0.2, 0) is 4.74 Å². The Bertz CT molecular complexity index is 858. The van der Waals surface area contributed by atoms with Gasteiger partial charge in [-0.05, 0) is 44.7 Å². The smallest absolute Gasteiger partial charge is 0.250 e. The van der Waals surface area contributed by atoms with Gasteiger partial charge in [-0.25, -0.2) is 4.98 Å². The van der Waals surface area contributed by atoms with Crippen molar-refractivity contribution in [2.45, 2.75) is 32.3 Å². The maximum atomic E-state index is 11.8. The average molecular weight is 408 g/mol. The maximum absolute atomic E-state index is 11.8. The second-order valence-corrected chi connectivity index (χ2v) is 8.01. The van der Waals surface area contributed by atoms with E-state index < -0.39 is 5.91 Å². The van der Waals surface area contributed by atoms with Gasteiger partial charge < -0.3 is 15.8 Å². The molecule has 1 atom stereocenters. The number of pyridine rings is 2. The number of nitrogens with two attached hydrogens (primary N) is 1. The molecule has 0 bridgehead atoms. The number of nitrogens with one attached hydrogen (secondary N) is 1. The Hall–Kier alpha value is -1.89. The molecule has 2 aromatic rings. The molecule has 3 rings (SSSR count). The first kappa shape index (κ1) is 19.9. The zero-order valence-corrected chi connectivity index (χ0v) is 16.7. The Kier molecular flexibility index (Phi) is 5.89. The third-order valence-corrected chi connectivity index (χ3v) is 5.25. The van der Waals surface area contributed by atoms with E-state index in [2.05, 4.69) is 35.3 Å². The quantitative estimate of drug-likeness (QED) is 0.782. The number of carbonyl (C=O) groups excluding carboxylic acids is 1. The number of anilines is 1. The van der Waals surface area contributed by atoms with Crippen molar-refractivity contribution in [1.29, 1.82) is 0 Å². The second-order valence-electron chi connectivity index (χ2n) is 7.22. The van der Waals surface area contributed by atoms with E-state index in [1.54, 1.807) is 12.1 Å². The van der Waals surface area contributed by atoms with Crippen LogP contribution in [0, 0.1) is 12.1 Å². The molecule has 0 aliphatic carbocycles. The van der Waals surface area contributed by atoms with Gasteiger partial charge in [-0.1, -0.05) is 23.2 Å². The molecule has 6 nitrogen and oxygen atoms in total. The predicted octanol–water partition coefficient (Wildman–Crippen LogP) is 3.97. The van der Waals surface area contributed by atoms with Crippen LogP contribution in [0.4, 0.5) is 5.82 Å². The van der Waals surface area contributed by atoms with Gasteiger partial charge in [0.1, 0.15) is 5.82 Å². The van der Waals surface area contributed by atoms with Crippen molar-refractivity contribution in [2.75, 3.05) is 18.5 Å². The molecule has 143 valence electrons. The topological polar surface area (TPSA) is 90.1 Å². The van der Waals surface area contributed by atoms with Gasteiger partial charge >= 0.3 is 0 Å². The normalized spacial score (nSPS) is 18.9. The van der Waals surface area contributed by atoms with E-state index in [-0.39, 0.29) is 16.2 Å². The second kappa shape index (κ2) is 8.00. The third-order valence-electron chi connectivity index (χ3n) is 4.57. The molecule has 1 aliphatic heterocycles. The molecule has 8 heteroatoms. The first-order chi connectivity index (χ1) is 12.8. The fourth-order valence-electron chi connectivity index (χ4n) is 3.27. The summed E-state index contributed by atoms with van der Waals surface area (Å²) in [7, 11) is 0. The van der Waals surface area contributed by atoms with Gasteiger partial charge in [-0.15, -0.1) is 0 Å². The van der Waals surface area contributed by atoms with E-state index in [1.807, 2.05) is 0 Å². The first-order valence-corrected chi connectivity index (χ1v) is 9.42. The number of primary amides is 1. The van der Waals surface area contributed by atoms with Crippen LogP contribution < -0.4 is 11.1 Å². The molecule has 27 heavy (non-hydrogen) atoms. The zero-order chi connectivity index (χ0) is 19.6. The van der Waals surface area contributed by atoms with E-state index in [0.29, 0.717) is 34.6 Å². The predicted molar refractivity (Wildman–Crippen MR) is 106 cm³/mol. The Morgan fingerprint density at radius 3 is 2.93 bits per heavy atom. The van der Waals surface area contributed by atoms with Crippen LogP contribution in [0.5, 0.6) is 0 Å². The standard InChI is InChI=1S/C19H21Cl2N4O2/c1-19(2)8-11(4-6-27-19)9-24-15-7-13(18(22)26)16(21)17(25-15)12-3-5-23-10-14(12)20/h3,7,10-11H,4,6,8-9H2,1-2H3,(H2,22,26)(H,24,25)/t11-/m0/s1. The Morgan fingerprint density at radius 1 is 1.48 bits per heavy atom. The fraction of sp³-hybridized carbons (Fsp3) is 0.421. The van der Waals surface area contributed by atoms with Gasteiger partial charge in [0.25, 0.3) is 0 Å². The maximum Gasteiger partial charge on any atom is 0.250 e. The van der Waals surface area contributed by atoms with Crippen molar-refractivity contribution in [3.8, 4) is 11.3 Å². The first-order valence-electron chi connectivity index (χ1n) is 8.67. The van der Waals surface area contributed by atoms with Crippen molar-refractivity contribution in [1.82, 2.24) is 9.97 Å². The number of halogens is 2. The molecule has 1 fully saturated rings. The number of amides is 1. The van der Waals surface area contributed by atoms with Crippen molar-refractivity contribution in [2.24, 2.45) is 11.7 Å². The molecule has 0 unspecified atom stereocenters. The number of aromatic nitrogens is 2. The lowest BCUT2D eigenvalue weighted by molar-refractivity contribution is -0.0699. The monoisotopic (exact) mass is 407 g/mol. The lowest BCUT2D eigenvalue weighted by atomic mass is 9.88. The van der Waals surface area contributed by atoms with Gasteiger partial charge in [0.05, 0.1) is 33.1 Å². The largest absolute Gasteiger partial charge is 0.376 e. The highest BCUT2D eigenvalue weighted by atomic mass is 35.5. The minimum atomic E-state index is -0.631. The molecule has 1 saturated heterocycles. The molecule has 3 N–H and O–H groups in total. The summed E-state index contributed by atoms with van der Waals surface area (Å²) in [5, 5.41) is 3.82. The van der Waals surface area contributed by atoms with Crippen molar-refractivity contribution < 1.29 is 9.53 Å². The van der Waals surface area contributed by atoms with Crippen LogP contribution in [0.15, 0.2) is 18.3 Å². The van der Waals surface area contributed by atoms with Crippen LogP contribution >= 0.6 is 23.2 Å². The molecule has 0 saturated carbocycles. The van der Waals surface area contributed by atoms with E-state index >= 15 is 0 Å². The van der Waals surface area contributed by atoms with E-state index in [1.165, 1.54) is 6.20 Å². The van der Waals surface area contributed by atoms with Gasteiger partial charge in [0, 0.05) is 24.9 Å². The summed E-state index contributed by atoms with van der Waals surface area (Å²) < 4.78 is 5.76. The lowest BCUT2D eigenvalue weighted by Gasteiger charge is -2.35. The highest BCUT2D eigenvalue weighted by Crippen LogP contribution is 2.35. The minimum Gasteiger partial charge on any atom is -0.376 e. The van der Waals surface area contributed by atoms with E-state index in [9.17, 15) is 4.79 Å². The summed E-state index contributed by atoms with van der Waals surface area (Å²) in [5.74, 6) is 0.318. The number of rotatable bonds is 5. The van der Waals surface area contributed by atoms with Crippen molar-refractivity contribution in [3.63, 3.8) is 0 Å². The minimum absolute atomic E-state index is 0.137. The Balaban J connectivity index is 1.89. The number of carbonyl (C=O) groups is 1. The molecule has 0 spiro atoms. The number of nitrogens with zero attached hydrogens (tertiary/aromatic N) is 2. The molecule has 3 heterocycles. The van der Waals surface area contributed by atoms with E-state index in [4.69, 9.17) is 33.7 Å². The number of ether oxygens (including phenoxy) is 1. The summed E-state index contributed by atoms with van der Waals surface area (Å²) in [5.41, 5.74) is 6.45. The van der Waals surface area contributed by atoms with Crippen LogP contribution in [0.25, 0.3) is 11.3 Å². The highest BCUT2D eigenvalue weighted by molar-refractivity contribution is 6.38. The van der Waals surface area contributed by atoms with Gasteiger partial charge in [0.2, 0.25) is 5.91 Å². The zero-order valence-electron chi connectivity index (χ0n) is 15.2. The van der Waals surface area contributed by atoms with Crippen molar-refractivity contribution >= 4 is 34.9 Å². The molecule has 1 amide bonds.